The second-order valence-corrected chi connectivity index (χ2v) is 3.27. The lowest BCUT2D eigenvalue weighted by Gasteiger charge is -2.04. The van der Waals surface area contributed by atoms with Gasteiger partial charge in [-0.05, 0) is 18.9 Å². The molecule has 0 aliphatic rings. The highest BCUT2D eigenvalue weighted by atomic mass is 16.1. The van der Waals surface area contributed by atoms with Gasteiger partial charge >= 0.3 is 0 Å². The van der Waals surface area contributed by atoms with Crippen LogP contribution in [0, 0.1) is 24.2 Å². The van der Waals surface area contributed by atoms with E-state index in [1.807, 2.05) is 37.3 Å². The van der Waals surface area contributed by atoms with Gasteiger partial charge in [-0.2, -0.15) is 5.26 Å². The average molecular weight is 188 g/mol. The number of amides is 1. The molecule has 1 unspecified atom stereocenters. The van der Waals surface area contributed by atoms with Gasteiger partial charge in [0, 0.05) is 0 Å². The zero-order valence-electron chi connectivity index (χ0n) is 8.03. The molecule has 1 atom stereocenters. The van der Waals surface area contributed by atoms with Crippen molar-refractivity contribution < 1.29 is 4.79 Å². The molecule has 0 saturated carbocycles. The molecule has 1 aromatic carbocycles. The fourth-order valence-electron chi connectivity index (χ4n) is 1.17. The van der Waals surface area contributed by atoms with Crippen LogP contribution < -0.4 is 5.73 Å². The summed E-state index contributed by atoms with van der Waals surface area (Å²) in [5.74, 6) is -1.29. The number of hydrogen-bond donors (Lipinski definition) is 1. The lowest BCUT2D eigenvalue weighted by Crippen LogP contribution is -2.23. The van der Waals surface area contributed by atoms with Gasteiger partial charge in [-0.3, -0.25) is 4.79 Å². The quantitative estimate of drug-likeness (QED) is 0.773. The van der Waals surface area contributed by atoms with Gasteiger partial charge in [0.25, 0.3) is 0 Å². The highest BCUT2D eigenvalue weighted by Crippen LogP contribution is 2.09. The molecule has 0 aliphatic carbocycles. The zero-order chi connectivity index (χ0) is 10.6. The van der Waals surface area contributed by atoms with Gasteiger partial charge in [-0.25, -0.2) is 0 Å². The zero-order valence-corrected chi connectivity index (χ0v) is 8.03. The molecule has 0 radical (unpaired) electrons. The molecule has 0 saturated heterocycles. The average Bonchev–Trinajstić information content (AvgIpc) is 2.16. The van der Waals surface area contributed by atoms with E-state index < -0.39 is 11.8 Å². The first-order chi connectivity index (χ1) is 6.63. The van der Waals surface area contributed by atoms with Gasteiger partial charge in [0.2, 0.25) is 5.91 Å². The summed E-state index contributed by atoms with van der Waals surface area (Å²) in [5.41, 5.74) is 7.18. The summed E-state index contributed by atoms with van der Waals surface area (Å²) in [7, 11) is 0. The number of nitriles is 1. The SMILES string of the molecule is Cc1ccc(CC(C#N)C(N)=O)cc1. The Bertz CT molecular complexity index is 362. The van der Waals surface area contributed by atoms with Gasteiger partial charge in [0.1, 0.15) is 5.92 Å². The van der Waals surface area contributed by atoms with Crippen molar-refractivity contribution in [3.05, 3.63) is 35.4 Å². The van der Waals surface area contributed by atoms with Crippen LogP contribution in [0.25, 0.3) is 0 Å². The van der Waals surface area contributed by atoms with Crippen LogP contribution in [0.15, 0.2) is 24.3 Å². The van der Waals surface area contributed by atoms with Gasteiger partial charge < -0.3 is 5.73 Å². The number of nitrogens with zero attached hydrogens (tertiary/aromatic N) is 1. The Morgan fingerprint density at radius 1 is 1.50 bits per heavy atom. The van der Waals surface area contributed by atoms with E-state index in [1.165, 1.54) is 0 Å². The molecule has 14 heavy (non-hydrogen) atoms. The molecule has 72 valence electrons. The summed E-state index contributed by atoms with van der Waals surface area (Å²) in [6.45, 7) is 1.99. The van der Waals surface area contributed by atoms with Crippen LogP contribution in [-0.4, -0.2) is 5.91 Å². The van der Waals surface area contributed by atoms with Crippen molar-refractivity contribution in [1.82, 2.24) is 0 Å². The topological polar surface area (TPSA) is 66.9 Å². The van der Waals surface area contributed by atoms with Crippen LogP contribution >= 0.6 is 0 Å². The number of benzene rings is 1. The summed E-state index contributed by atoms with van der Waals surface area (Å²) in [4.78, 5) is 10.8. The summed E-state index contributed by atoms with van der Waals surface area (Å²) in [6.07, 6.45) is 0.395. The van der Waals surface area contributed by atoms with E-state index in [4.69, 9.17) is 11.0 Å². The number of nitrogens with two attached hydrogens (primary N) is 1. The molecular weight excluding hydrogens is 176 g/mol. The molecular formula is C11H12N2O. The number of rotatable bonds is 3. The Morgan fingerprint density at radius 3 is 2.50 bits per heavy atom. The van der Waals surface area contributed by atoms with Gasteiger partial charge in [-0.1, -0.05) is 29.8 Å². The molecule has 0 bridgehead atoms. The normalized spacial score (nSPS) is 11.7. The van der Waals surface area contributed by atoms with Crippen molar-refractivity contribution in [2.75, 3.05) is 0 Å². The van der Waals surface area contributed by atoms with Crippen molar-refractivity contribution >= 4 is 5.91 Å². The monoisotopic (exact) mass is 188 g/mol. The minimum absolute atomic E-state index is 0.395. The minimum atomic E-state index is -0.724. The molecule has 0 aromatic heterocycles. The first kappa shape index (κ1) is 10.3. The van der Waals surface area contributed by atoms with Gasteiger partial charge in [0.15, 0.2) is 0 Å². The number of primary amides is 1. The van der Waals surface area contributed by atoms with Crippen molar-refractivity contribution in [2.24, 2.45) is 11.7 Å². The summed E-state index contributed by atoms with van der Waals surface area (Å²) < 4.78 is 0. The molecule has 2 N–H and O–H groups in total. The van der Waals surface area contributed by atoms with Gasteiger partial charge in [-0.15, -0.1) is 0 Å². The standard InChI is InChI=1S/C11H12N2O/c1-8-2-4-9(5-3-8)6-10(7-12)11(13)14/h2-5,10H,6H2,1H3,(H2,13,14). The Hall–Kier alpha value is -1.82. The highest BCUT2D eigenvalue weighted by Gasteiger charge is 2.14. The predicted molar refractivity (Wildman–Crippen MR) is 53.2 cm³/mol. The van der Waals surface area contributed by atoms with E-state index in [9.17, 15) is 4.79 Å². The first-order valence-electron chi connectivity index (χ1n) is 4.38. The number of aryl methyl sites for hydroxylation is 1. The van der Waals surface area contributed by atoms with Crippen LogP contribution in [0.2, 0.25) is 0 Å². The van der Waals surface area contributed by atoms with Crippen molar-refractivity contribution in [3.63, 3.8) is 0 Å². The van der Waals surface area contributed by atoms with Gasteiger partial charge in [0.05, 0.1) is 6.07 Å². The van der Waals surface area contributed by atoms with E-state index in [0.29, 0.717) is 6.42 Å². The lowest BCUT2D eigenvalue weighted by atomic mass is 9.99. The maximum absolute atomic E-state index is 10.8. The Kier molecular flexibility index (Phi) is 3.24. The number of carbonyl (C=O) groups is 1. The van der Waals surface area contributed by atoms with E-state index in [2.05, 4.69) is 0 Å². The first-order valence-corrected chi connectivity index (χ1v) is 4.38. The van der Waals surface area contributed by atoms with Crippen molar-refractivity contribution in [2.45, 2.75) is 13.3 Å². The third kappa shape index (κ3) is 2.60. The van der Waals surface area contributed by atoms with Crippen LogP contribution in [-0.2, 0) is 11.2 Å². The van der Waals surface area contributed by atoms with Crippen LogP contribution in [0.1, 0.15) is 11.1 Å². The lowest BCUT2D eigenvalue weighted by molar-refractivity contribution is -0.120. The Labute approximate surface area is 83.2 Å². The minimum Gasteiger partial charge on any atom is -0.369 e. The Balaban J connectivity index is 2.74. The molecule has 1 rings (SSSR count). The largest absolute Gasteiger partial charge is 0.369 e. The fourth-order valence-corrected chi connectivity index (χ4v) is 1.17. The maximum atomic E-state index is 10.8. The summed E-state index contributed by atoms with van der Waals surface area (Å²) >= 11 is 0. The second kappa shape index (κ2) is 4.43. The second-order valence-electron chi connectivity index (χ2n) is 3.27. The molecule has 0 fully saturated rings. The van der Waals surface area contributed by atoms with Crippen LogP contribution in [0.4, 0.5) is 0 Å². The highest BCUT2D eigenvalue weighted by molar-refractivity contribution is 5.79. The molecule has 1 aromatic rings. The predicted octanol–water partition coefficient (Wildman–Crippen LogP) is 1.16. The molecule has 0 spiro atoms. The number of carbonyl (C=O) groups excluding carboxylic acids is 1. The third-order valence-electron chi connectivity index (χ3n) is 2.06. The van der Waals surface area contributed by atoms with E-state index in [-0.39, 0.29) is 0 Å². The molecule has 0 aliphatic heterocycles. The smallest absolute Gasteiger partial charge is 0.235 e. The molecule has 3 heteroatoms. The van der Waals surface area contributed by atoms with E-state index in [1.54, 1.807) is 0 Å². The van der Waals surface area contributed by atoms with E-state index >= 15 is 0 Å². The summed E-state index contributed by atoms with van der Waals surface area (Å²) in [5, 5.41) is 8.66. The summed E-state index contributed by atoms with van der Waals surface area (Å²) in [6, 6.07) is 9.60. The molecule has 0 heterocycles. The van der Waals surface area contributed by atoms with Crippen molar-refractivity contribution in [1.29, 1.82) is 5.26 Å². The maximum Gasteiger partial charge on any atom is 0.235 e. The van der Waals surface area contributed by atoms with Crippen LogP contribution in [0.5, 0.6) is 0 Å². The number of hydrogen-bond acceptors (Lipinski definition) is 2. The van der Waals surface area contributed by atoms with Crippen molar-refractivity contribution in [3.8, 4) is 6.07 Å². The molecule has 3 nitrogen and oxygen atoms in total. The molecule has 1 amide bonds. The fraction of sp³-hybridized carbons (Fsp3) is 0.273. The van der Waals surface area contributed by atoms with Crippen LogP contribution in [0.3, 0.4) is 0 Å². The third-order valence-corrected chi connectivity index (χ3v) is 2.06. The Morgan fingerprint density at radius 2 is 2.07 bits per heavy atom. The van der Waals surface area contributed by atoms with E-state index in [0.717, 1.165) is 11.1 Å².